The minimum Gasteiger partial charge on any atom is -0.475 e. The van der Waals surface area contributed by atoms with Crippen LogP contribution in [0.1, 0.15) is 10.5 Å². The molecule has 2 heterocycles. The van der Waals surface area contributed by atoms with Gasteiger partial charge in [0.1, 0.15) is 11.6 Å². The van der Waals surface area contributed by atoms with Gasteiger partial charge in [-0.2, -0.15) is 0 Å². The Labute approximate surface area is 159 Å². The number of carbonyl (C=O) groups excluding carboxylic acids is 2. The summed E-state index contributed by atoms with van der Waals surface area (Å²) in [6.45, 7) is -0.0265. The molecular formula is C20H15FN2O5. The second-order valence-electron chi connectivity index (χ2n) is 6.10. The molecule has 1 atom stereocenters. The molecule has 0 unspecified atom stereocenters. The van der Waals surface area contributed by atoms with Crippen LogP contribution < -0.4 is 9.64 Å². The van der Waals surface area contributed by atoms with Crippen molar-refractivity contribution in [2.24, 2.45) is 0 Å². The highest BCUT2D eigenvalue weighted by molar-refractivity contribution is 6.07. The summed E-state index contributed by atoms with van der Waals surface area (Å²) < 4.78 is 28.7. The Bertz CT molecular complexity index is 1030. The number of hydrogen-bond donors (Lipinski definition) is 0. The van der Waals surface area contributed by atoms with Crippen LogP contribution in [0.3, 0.4) is 0 Å². The highest BCUT2D eigenvalue weighted by atomic mass is 19.1. The number of aromatic nitrogens is 1. The van der Waals surface area contributed by atoms with Crippen molar-refractivity contribution >= 4 is 17.6 Å². The average Bonchev–Trinajstić information content (AvgIpc) is 3.22. The van der Waals surface area contributed by atoms with Gasteiger partial charge in [-0.3, -0.25) is 9.69 Å². The Morgan fingerprint density at radius 1 is 1.18 bits per heavy atom. The number of hydrogen-bond acceptors (Lipinski definition) is 6. The van der Waals surface area contributed by atoms with Crippen LogP contribution in [0.15, 0.2) is 59.1 Å². The van der Waals surface area contributed by atoms with E-state index >= 15 is 0 Å². The molecule has 1 aliphatic heterocycles. The minimum atomic E-state index is -0.952. The number of amides is 1. The van der Waals surface area contributed by atoms with Crippen LogP contribution in [0.4, 0.5) is 10.1 Å². The number of esters is 1. The maximum absolute atomic E-state index is 13.1. The molecule has 3 aromatic rings. The molecule has 142 valence electrons. The molecule has 2 aromatic carbocycles. The second-order valence-corrected chi connectivity index (χ2v) is 6.10. The summed E-state index contributed by atoms with van der Waals surface area (Å²) in [5.74, 6) is -0.700. The summed E-state index contributed by atoms with van der Waals surface area (Å²) >= 11 is 0. The van der Waals surface area contributed by atoms with Gasteiger partial charge in [0.15, 0.2) is 11.5 Å². The fraction of sp³-hybridized carbons (Fsp3) is 0.150. The fourth-order valence-corrected chi connectivity index (χ4v) is 2.95. The molecule has 0 saturated carbocycles. The zero-order valence-electron chi connectivity index (χ0n) is 14.8. The third-order valence-electron chi connectivity index (χ3n) is 4.34. The number of para-hydroxylation sites is 2. The molecule has 0 spiro atoms. The molecule has 1 aliphatic rings. The first kappa shape index (κ1) is 17.7. The Morgan fingerprint density at radius 3 is 2.68 bits per heavy atom. The van der Waals surface area contributed by atoms with Crippen molar-refractivity contribution in [3.05, 3.63) is 66.1 Å². The van der Waals surface area contributed by atoms with Gasteiger partial charge in [-0.25, -0.2) is 9.18 Å². The lowest BCUT2D eigenvalue weighted by Crippen LogP contribution is -2.47. The van der Waals surface area contributed by atoms with Crippen molar-refractivity contribution in [3.8, 4) is 17.1 Å². The van der Waals surface area contributed by atoms with Gasteiger partial charge in [-0.1, -0.05) is 17.3 Å². The number of anilines is 1. The molecule has 4 rings (SSSR count). The number of methoxy groups -OCH3 is 1. The van der Waals surface area contributed by atoms with Gasteiger partial charge in [0.05, 0.1) is 19.3 Å². The zero-order chi connectivity index (χ0) is 19.7. The number of benzene rings is 2. The molecule has 28 heavy (non-hydrogen) atoms. The molecule has 0 aliphatic carbocycles. The summed E-state index contributed by atoms with van der Waals surface area (Å²) in [7, 11) is 1.25. The monoisotopic (exact) mass is 382 g/mol. The summed E-state index contributed by atoms with van der Waals surface area (Å²) in [6, 6.07) is 14.0. The highest BCUT2D eigenvalue weighted by Crippen LogP contribution is 2.34. The SMILES string of the molecule is COC(=O)[C@H]1CN(C(=O)c2cc(-c3ccc(F)cc3)on2)c2ccccc2O1. The van der Waals surface area contributed by atoms with Crippen LogP contribution in [0.2, 0.25) is 0 Å². The fourth-order valence-electron chi connectivity index (χ4n) is 2.95. The highest BCUT2D eigenvalue weighted by Gasteiger charge is 2.35. The van der Waals surface area contributed by atoms with Crippen molar-refractivity contribution < 1.29 is 28.0 Å². The minimum absolute atomic E-state index is 0.0265. The molecule has 7 nitrogen and oxygen atoms in total. The van der Waals surface area contributed by atoms with Crippen LogP contribution in [0.5, 0.6) is 5.75 Å². The van der Waals surface area contributed by atoms with Crippen molar-refractivity contribution in [3.63, 3.8) is 0 Å². The van der Waals surface area contributed by atoms with Gasteiger partial charge < -0.3 is 14.0 Å². The maximum atomic E-state index is 13.1. The molecule has 0 bridgehead atoms. The number of halogens is 1. The Balaban J connectivity index is 1.65. The number of nitrogens with zero attached hydrogens (tertiary/aromatic N) is 2. The Hall–Kier alpha value is -3.68. The predicted molar refractivity (Wildman–Crippen MR) is 96.4 cm³/mol. The molecule has 0 saturated heterocycles. The van der Waals surface area contributed by atoms with E-state index in [4.69, 9.17) is 14.0 Å². The van der Waals surface area contributed by atoms with Crippen molar-refractivity contribution in [2.45, 2.75) is 6.10 Å². The van der Waals surface area contributed by atoms with Gasteiger partial charge >= 0.3 is 5.97 Å². The van der Waals surface area contributed by atoms with Crippen molar-refractivity contribution in [2.75, 3.05) is 18.6 Å². The summed E-state index contributed by atoms with van der Waals surface area (Å²) in [6.07, 6.45) is -0.952. The Kier molecular flexibility index (Phi) is 4.52. The topological polar surface area (TPSA) is 81.9 Å². The lowest BCUT2D eigenvalue weighted by Gasteiger charge is -2.33. The van der Waals surface area contributed by atoms with Gasteiger partial charge in [-0.05, 0) is 36.4 Å². The lowest BCUT2D eigenvalue weighted by atomic mass is 10.1. The van der Waals surface area contributed by atoms with E-state index in [2.05, 4.69) is 5.16 Å². The first-order valence-corrected chi connectivity index (χ1v) is 8.45. The summed E-state index contributed by atoms with van der Waals surface area (Å²) in [4.78, 5) is 26.4. The van der Waals surface area contributed by atoms with E-state index in [1.807, 2.05) is 0 Å². The number of carbonyl (C=O) groups is 2. The first-order chi connectivity index (χ1) is 13.6. The maximum Gasteiger partial charge on any atom is 0.348 e. The molecular weight excluding hydrogens is 367 g/mol. The van der Waals surface area contributed by atoms with Crippen molar-refractivity contribution in [1.82, 2.24) is 5.16 Å². The molecule has 1 amide bonds. The zero-order valence-corrected chi connectivity index (χ0v) is 14.8. The van der Waals surface area contributed by atoms with Crippen LogP contribution in [-0.4, -0.2) is 36.8 Å². The number of ether oxygens (including phenoxy) is 2. The second kappa shape index (κ2) is 7.15. The summed E-state index contributed by atoms with van der Waals surface area (Å²) in [5.41, 5.74) is 1.15. The summed E-state index contributed by atoms with van der Waals surface area (Å²) in [5, 5.41) is 3.84. The standard InChI is InChI=1S/C20H15FN2O5/c1-26-20(25)18-11-23(15-4-2-3-5-16(15)27-18)19(24)14-10-17(28-22-14)12-6-8-13(21)9-7-12/h2-10,18H,11H2,1H3/t18-/m1/s1. The van der Waals surface area contributed by atoms with Crippen LogP contribution in [0.25, 0.3) is 11.3 Å². The van der Waals surface area contributed by atoms with E-state index in [9.17, 15) is 14.0 Å². The third-order valence-corrected chi connectivity index (χ3v) is 4.34. The van der Waals surface area contributed by atoms with E-state index < -0.39 is 18.0 Å². The largest absolute Gasteiger partial charge is 0.475 e. The molecule has 0 radical (unpaired) electrons. The average molecular weight is 382 g/mol. The number of fused-ring (bicyclic) bond motifs is 1. The van der Waals surface area contributed by atoms with Crippen LogP contribution in [-0.2, 0) is 9.53 Å². The van der Waals surface area contributed by atoms with Gasteiger partial charge in [0.25, 0.3) is 5.91 Å². The predicted octanol–water partition coefficient (Wildman–Crippen LogP) is 3.06. The van der Waals surface area contributed by atoms with E-state index in [1.54, 1.807) is 24.3 Å². The Morgan fingerprint density at radius 2 is 1.93 bits per heavy atom. The van der Waals surface area contributed by atoms with Gasteiger partial charge in [0, 0.05) is 11.6 Å². The smallest absolute Gasteiger partial charge is 0.348 e. The van der Waals surface area contributed by atoms with Gasteiger partial charge in [-0.15, -0.1) is 0 Å². The molecule has 8 heteroatoms. The molecule has 0 fully saturated rings. The normalized spacial score (nSPS) is 15.5. The lowest BCUT2D eigenvalue weighted by molar-refractivity contribution is -0.148. The third kappa shape index (κ3) is 3.20. The molecule has 1 aromatic heterocycles. The van der Waals surface area contributed by atoms with E-state index in [-0.39, 0.29) is 18.1 Å². The van der Waals surface area contributed by atoms with Crippen LogP contribution >= 0.6 is 0 Å². The van der Waals surface area contributed by atoms with E-state index in [1.165, 1.54) is 42.3 Å². The molecule has 0 N–H and O–H groups in total. The quantitative estimate of drug-likeness (QED) is 0.648. The first-order valence-electron chi connectivity index (χ1n) is 8.45. The van der Waals surface area contributed by atoms with Gasteiger partial charge in [0.2, 0.25) is 6.10 Å². The van der Waals surface area contributed by atoms with E-state index in [0.717, 1.165) is 0 Å². The van der Waals surface area contributed by atoms with Crippen LogP contribution in [0, 0.1) is 5.82 Å². The van der Waals surface area contributed by atoms with Crippen molar-refractivity contribution in [1.29, 1.82) is 0 Å². The number of rotatable bonds is 3. The van der Waals surface area contributed by atoms with E-state index in [0.29, 0.717) is 22.8 Å².